The van der Waals surface area contributed by atoms with E-state index in [-0.39, 0.29) is 16.6 Å². The lowest BCUT2D eigenvalue weighted by Gasteiger charge is -2.11. The third-order valence-electron chi connectivity index (χ3n) is 4.25. The largest absolute Gasteiger partial charge is 0.418 e. The molecule has 4 heterocycles. The van der Waals surface area contributed by atoms with Gasteiger partial charge in [-0.3, -0.25) is 14.0 Å². The fraction of sp³-hybridized carbons (Fsp3) is 0.167. The minimum atomic E-state index is -4.69. The van der Waals surface area contributed by atoms with Gasteiger partial charge < -0.3 is 10.6 Å². The Morgan fingerprint density at radius 3 is 2.69 bits per heavy atom. The Hall–Kier alpha value is -3.03. The second-order valence-electron chi connectivity index (χ2n) is 6.46. The van der Waals surface area contributed by atoms with Crippen molar-refractivity contribution in [2.75, 3.05) is 5.32 Å². The van der Waals surface area contributed by atoms with Gasteiger partial charge in [0, 0.05) is 17.8 Å². The first kappa shape index (κ1) is 22.2. The molecule has 0 saturated carbocycles. The van der Waals surface area contributed by atoms with Crippen molar-refractivity contribution in [2.24, 2.45) is 0 Å². The minimum absolute atomic E-state index is 0.135. The highest BCUT2D eigenvalue weighted by atomic mass is 35.5. The van der Waals surface area contributed by atoms with Crippen LogP contribution in [0.2, 0.25) is 5.02 Å². The summed E-state index contributed by atoms with van der Waals surface area (Å²) in [5.74, 6) is -1.36. The summed E-state index contributed by atoms with van der Waals surface area (Å²) < 4.78 is 40.6. The van der Waals surface area contributed by atoms with Crippen LogP contribution < -0.4 is 10.6 Å². The SMILES string of the molecule is CC(NC(=O)c1cnc2sccn12)c1ncc(C(=O)Nc2cc(C(F)(F)F)c(Cl)cn2)s1. The van der Waals surface area contributed by atoms with Crippen molar-refractivity contribution in [3.8, 4) is 0 Å². The van der Waals surface area contributed by atoms with Gasteiger partial charge in [0.15, 0.2) is 4.96 Å². The van der Waals surface area contributed by atoms with Crippen LogP contribution >= 0.6 is 34.3 Å². The molecule has 0 saturated heterocycles. The lowest BCUT2D eigenvalue weighted by atomic mass is 10.2. The zero-order valence-corrected chi connectivity index (χ0v) is 18.4. The quantitative estimate of drug-likeness (QED) is 0.415. The van der Waals surface area contributed by atoms with Crippen molar-refractivity contribution in [1.82, 2.24) is 24.7 Å². The molecule has 1 unspecified atom stereocenters. The molecule has 2 N–H and O–H groups in total. The zero-order chi connectivity index (χ0) is 23.0. The fourth-order valence-electron chi connectivity index (χ4n) is 2.72. The van der Waals surface area contributed by atoms with Crippen molar-refractivity contribution in [3.05, 3.63) is 62.4 Å². The molecule has 14 heteroatoms. The number of carbonyl (C=O) groups excluding carboxylic acids is 2. The molecule has 0 aliphatic carbocycles. The van der Waals surface area contributed by atoms with E-state index in [9.17, 15) is 22.8 Å². The molecule has 0 bridgehead atoms. The van der Waals surface area contributed by atoms with Crippen molar-refractivity contribution >= 4 is 56.9 Å². The summed E-state index contributed by atoms with van der Waals surface area (Å²) in [5, 5.41) is 6.75. The van der Waals surface area contributed by atoms with Gasteiger partial charge in [-0.05, 0) is 13.0 Å². The molecule has 0 aliphatic rings. The number of nitrogens with one attached hydrogen (secondary N) is 2. The zero-order valence-electron chi connectivity index (χ0n) is 16.0. The molecular weight excluding hydrogens is 489 g/mol. The van der Waals surface area contributed by atoms with Crippen LogP contribution in [0.3, 0.4) is 0 Å². The monoisotopic (exact) mass is 500 g/mol. The first-order valence-electron chi connectivity index (χ1n) is 8.84. The molecule has 0 fully saturated rings. The van der Waals surface area contributed by atoms with Gasteiger partial charge in [0.05, 0.1) is 29.0 Å². The predicted octanol–water partition coefficient (Wildman–Crippen LogP) is 4.66. The maximum atomic E-state index is 13.0. The summed E-state index contributed by atoms with van der Waals surface area (Å²) in [6.07, 6.45) is 0.594. The number of pyridine rings is 1. The molecular formula is C18H12ClF3N6O2S2. The minimum Gasteiger partial charge on any atom is -0.342 e. The number of rotatable bonds is 5. The van der Waals surface area contributed by atoms with E-state index in [1.807, 2.05) is 5.38 Å². The number of halogens is 4. The molecule has 0 spiro atoms. The average Bonchev–Trinajstić information content (AvgIpc) is 3.45. The predicted molar refractivity (Wildman–Crippen MR) is 113 cm³/mol. The molecule has 0 radical (unpaired) electrons. The number of fused-ring (bicyclic) bond motifs is 1. The number of thiazole rings is 2. The maximum absolute atomic E-state index is 13.0. The van der Waals surface area contributed by atoms with Crippen LogP contribution in [0.4, 0.5) is 19.0 Å². The summed E-state index contributed by atoms with van der Waals surface area (Å²) in [6, 6.07) is 0.130. The van der Waals surface area contributed by atoms with E-state index < -0.39 is 28.7 Å². The van der Waals surface area contributed by atoms with E-state index in [0.717, 1.165) is 17.5 Å². The number of anilines is 1. The number of alkyl halides is 3. The summed E-state index contributed by atoms with van der Waals surface area (Å²) in [5.41, 5.74) is -0.748. The molecule has 32 heavy (non-hydrogen) atoms. The van der Waals surface area contributed by atoms with Crippen LogP contribution in [-0.2, 0) is 6.18 Å². The number of hydrogen-bond donors (Lipinski definition) is 2. The number of aromatic nitrogens is 4. The second-order valence-corrected chi connectivity index (χ2v) is 8.80. The number of hydrogen-bond acceptors (Lipinski definition) is 7. The Bertz CT molecular complexity index is 1320. The van der Waals surface area contributed by atoms with Gasteiger partial charge in [-0.2, -0.15) is 13.2 Å². The first-order valence-corrected chi connectivity index (χ1v) is 10.9. The topological polar surface area (TPSA) is 101 Å². The molecule has 4 aromatic rings. The highest BCUT2D eigenvalue weighted by molar-refractivity contribution is 7.15. The first-order chi connectivity index (χ1) is 15.1. The van der Waals surface area contributed by atoms with E-state index in [1.54, 1.807) is 17.5 Å². The van der Waals surface area contributed by atoms with Crippen LogP contribution in [0, 0.1) is 0 Å². The molecule has 0 aliphatic heterocycles. The van der Waals surface area contributed by atoms with Crippen LogP contribution in [0.15, 0.2) is 36.2 Å². The Morgan fingerprint density at radius 2 is 1.94 bits per heavy atom. The number of imidazole rings is 1. The van der Waals surface area contributed by atoms with Crippen molar-refractivity contribution in [1.29, 1.82) is 0 Å². The van der Waals surface area contributed by atoms with Gasteiger partial charge in [-0.25, -0.2) is 15.0 Å². The lowest BCUT2D eigenvalue weighted by molar-refractivity contribution is -0.137. The van der Waals surface area contributed by atoms with E-state index >= 15 is 0 Å². The van der Waals surface area contributed by atoms with Crippen LogP contribution in [0.5, 0.6) is 0 Å². The summed E-state index contributed by atoms with van der Waals surface area (Å²) in [4.78, 5) is 37.8. The van der Waals surface area contributed by atoms with Crippen molar-refractivity contribution in [2.45, 2.75) is 19.1 Å². The van der Waals surface area contributed by atoms with Gasteiger partial charge >= 0.3 is 6.18 Å². The van der Waals surface area contributed by atoms with Crippen molar-refractivity contribution in [3.63, 3.8) is 0 Å². The average molecular weight is 501 g/mol. The van der Waals surface area contributed by atoms with E-state index in [2.05, 4.69) is 25.6 Å². The number of amides is 2. The molecule has 0 aromatic carbocycles. The molecule has 8 nitrogen and oxygen atoms in total. The normalized spacial score (nSPS) is 12.7. The summed E-state index contributed by atoms with van der Waals surface area (Å²) in [6.45, 7) is 1.70. The highest BCUT2D eigenvalue weighted by Gasteiger charge is 2.34. The molecule has 4 rings (SSSR count). The van der Waals surface area contributed by atoms with Gasteiger partial charge in [0.2, 0.25) is 0 Å². The van der Waals surface area contributed by atoms with Crippen LogP contribution in [0.1, 0.15) is 43.7 Å². The van der Waals surface area contributed by atoms with Gasteiger partial charge in [-0.1, -0.05) is 11.6 Å². The van der Waals surface area contributed by atoms with Crippen molar-refractivity contribution < 1.29 is 22.8 Å². The second kappa shape index (κ2) is 8.48. The van der Waals surface area contributed by atoms with Gasteiger partial charge in [-0.15, -0.1) is 22.7 Å². The Balaban J connectivity index is 1.44. The van der Waals surface area contributed by atoms with E-state index in [4.69, 9.17) is 11.6 Å². The van der Waals surface area contributed by atoms with E-state index in [1.165, 1.54) is 23.7 Å². The molecule has 166 valence electrons. The van der Waals surface area contributed by atoms with Crippen LogP contribution in [0.25, 0.3) is 4.96 Å². The third kappa shape index (κ3) is 4.45. The van der Waals surface area contributed by atoms with E-state index in [0.29, 0.717) is 21.7 Å². The Morgan fingerprint density at radius 1 is 1.16 bits per heavy atom. The van der Waals surface area contributed by atoms with Gasteiger partial charge in [0.25, 0.3) is 11.8 Å². The third-order valence-corrected chi connectivity index (χ3v) is 6.50. The van der Waals surface area contributed by atoms with Crippen LogP contribution in [-0.4, -0.2) is 31.2 Å². The highest BCUT2D eigenvalue weighted by Crippen LogP contribution is 2.35. The molecule has 4 aromatic heterocycles. The standard InChI is InChI=1S/C18H12ClF3N6O2S2/c1-8(26-14(29)11-6-25-17-28(11)2-3-31-17)16-24-7-12(32-16)15(30)27-13-4-9(18(20,21)22)10(19)5-23-13/h2-8H,1H3,(H,26,29)(H,23,27,30). The summed E-state index contributed by atoms with van der Waals surface area (Å²) in [7, 11) is 0. The molecule has 1 atom stereocenters. The number of nitrogens with zero attached hydrogens (tertiary/aromatic N) is 4. The fourth-order valence-corrected chi connectivity index (χ4v) is 4.44. The smallest absolute Gasteiger partial charge is 0.342 e. The number of carbonyl (C=O) groups is 2. The van der Waals surface area contributed by atoms with Gasteiger partial charge in [0.1, 0.15) is 21.4 Å². The molecule has 2 amide bonds. The lowest BCUT2D eigenvalue weighted by Crippen LogP contribution is -2.27. The maximum Gasteiger partial charge on any atom is 0.418 e. The Kier molecular flexibility index (Phi) is 5.88. The summed E-state index contributed by atoms with van der Waals surface area (Å²) >= 11 is 7.92. The Labute approximate surface area is 191 Å².